The molecule has 0 atom stereocenters. The van der Waals surface area contributed by atoms with E-state index in [-0.39, 0.29) is 12.1 Å². The summed E-state index contributed by atoms with van der Waals surface area (Å²) in [5.74, 6) is -0.568. The van der Waals surface area contributed by atoms with Crippen molar-refractivity contribution in [2.45, 2.75) is 6.54 Å². The zero-order valence-corrected chi connectivity index (χ0v) is 9.04. The second-order valence-corrected chi connectivity index (χ2v) is 3.57. The molecule has 86 valence electrons. The summed E-state index contributed by atoms with van der Waals surface area (Å²) in [6, 6.07) is 10.7. The van der Waals surface area contributed by atoms with E-state index in [4.69, 9.17) is 5.73 Å². The molecule has 1 aromatic heterocycles. The van der Waals surface area contributed by atoms with Gasteiger partial charge in [0.05, 0.1) is 12.0 Å². The van der Waals surface area contributed by atoms with E-state index in [2.05, 4.69) is 4.98 Å². The van der Waals surface area contributed by atoms with Crippen molar-refractivity contribution < 1.29 is 4.79 Å². The van der Waals surface area contributed by atoms with Gasteiger partial charge in [-0.05, 0) is 0 Å². The van der Waals surface area contributed by atoms with E-state index in [1.807, 2.05) is 30.3 Å². The van der Waals surface area contributed by atoms with Crippen molar-refractivity contribution in [1.29, 1.82) is 0 Å². The summed E-state index contributed by atoms with van der Waals surface area (Å²) in [5.41, 5.74) is 6.16. The van der Waals surface area contributed by atoms with Crippen LogP contribution in [0.3, 0.4) is 0 Å². The van der Waals surface area contributed by atoms with E-state index >= 15 is 0 Å². The van der Waals surface area contributed by atoms with Crippen molar-refractivity contribution >= 4 is 5.91 Å². The van der Waals surface area contributed by atoms with E-state index < -0.39 is 5.91 Å². The summed E-state index contributed by atoms with van der Waals surface area (Å²) in [6.45, 7) is -0.152. The molecule has 0 aliphatic carbocycles. The van der Waals surface area contributed by atoms with E-state index in [0.29, 0.717) is 5.69 Å². The highest BCUT2D eigenvalue weighted by Gasteiger charge is 2.03. The van der Waals surface area contributed by atoms with Crippen LogP contribution in [-0.4, -0.2) is 15.5 Å². The number of rotatable bonds is 3. The standard InChI is InChI=1S/C12H11N3O2/c13-11(16)7-15-8-14-10(6-12(15)17)9-4-2-1-3-5-9/h1-6,8H,7H2,(H2,13,16). The van der Waals surface area contributed by atoms with Crippen LogP contribution in [0.15, 0.2) is 47.5 Å². The fourth-order valence-electron chi connectivity index (χ4n) is 1.48. The van der Waals surface area contributed by atoms with Crippen molar-refractivity contribution in [1.82, 2.24) is 9.55 Å². The molecule has 0 saturated heterocycles. The zero-order chi connectivity index (χ0) is 12.3. The van der Waals surface area contributed by atoms with Gasteiger partial charge in [-0.1, -0.05) is 30.3 Å². The van der Waals surface area contributed by atoms with Gasteiger partial charge in [0.1, 0.15) is 6.54 Å². The number of nitrogens with two attached hydrogens (primary N) is 1. The Morgan fingerprint density at radius 1 is 1.29 bits per heavy atom. The number of amides is 1. The Kier molecular flexibility index (Phi) is 3.00. The maximum atomic E-state index is 11.7. The monoisotopic (exact) mass is 229 g/mol. The number of aromatic nitrogens is 2. The van der Waals surface area contributed by atoms with Crippen LogP contribution in [0.5, 0.6) is 0 Å². The molecule has 5 heteroatoms. The first-order chi connectivity index (χ1) is 8.16. The maximum absolute atomic E-state index is 11.7. The average Bonchev–Trinajstić information content (AvgIpc) is 2.32. The third kappa shape index (κ3) is 2.57. The van der Waals surface area contributed by atoms with Gasteiger partial charge in [0, 0.05) is 11.6 Å². The molecular formula is C12H11N3O2. The SMILES string of the molecule is NC(=O)Cn1cnc(-c2ccccc2)cc1=O. The fourth-order valence-corrected chi connectivity index (χ4v) is 1.48. The third-order valence-corrected chi connectivity index (χ3v) is 2.28. The van der Waals surface area contributed by atoms with E-state index in [0.717, 1.165) is 5.56 Å². The van der Waals surface area contributed by atoms with Gasteiger partial charge >= 0.3 is 0 Å². The predicted octanol–water partition coefficient (Wildman–Crippen LogP) is 0.396. The summed E-state index contributed by atoms with van der Waals surface area (Å²) >= 11 is 0. The molecule has 0 bridgehead atoms. The second kappa shape index (κ2) is 4.61. The molecule has 0 aliphatic rings. The van der Waals surface area contributed by atoms with Gasteiger partial charge in [0.25, 0.3) is 5.56 Å². The largest absolute Gasteiger partial charge is 0.368 e. The number of carbonyl (C=O) groups is 1. The topological polar surface area (TPSA) is 78.0 Å². The first-order valence-corrected chi connectivity index (χ1v) is 5.07. The highest BCUT2D eigenvalue weighted by Crippen LogP contribution is 2.13. The van der Waals surface area contributed by atoms with Gasteiger partial charge in [-0.2, -0.15) is 0 Å². The smallest absolute Gasteiger partial charge is 0.254 e. The number of primary amides is 1. The molecule has 5 nitrogen and oxygen atoms in total. The summed E-state index contributed by atoms with van der Waals surface area (Å²) in [6.07, 6.45) is 1.33. The summed E-state index contributed by atoms with van der Waals surface area (Å²) in [5, 5.41) is 0. The quantitative estimate of drug-likeness (QED) is 0.827. The van der Waals surface area contributed by atoms with Crippen molar-refractivity contribution in [2.75, 3.05) is 0 Å². The highest BCUT2D eigenvalue weighted by molar-refractivity contribution is 5.73. The number of nitrogens with zero attached hydrogens (tertiary/aromatic N) is 2. The Hall–Kier alpha value is -2.43. The number of benzene rings is 1. The molecule has 17 heavy (non-hydrogen) atoms. The van der Waals surface area contributed by atoms with Crippen molar-refractivity contribution in [3.63, 3.8) is 0 Å². The van der Waals surface area contributed by atoms with Gasteiger partial charge in [0.2, 0.25) is 5.91 Å². The van der Waals surface area contributed by atoms with E-state index in [1.165, 1.54) is 17.0 Å². The summed E-state index contributed by atoms with van der Waals surface area (Å²) in [7, 11) is 0. The average molecular weight is 229 g/mol. The maximum Gasteiger partial charge on any atom is 0.254 e. The van der Waals surface area contributed by atoms with Gasteiger partial charge in [0.15, 0.2) is 0 Å². The molecule has 0 aliphatic heterocycles. The number of carbonyl (C=O) groups excluding carboxylic acids is 1. The Morgan fingerprint density at radius 3 is 2.59 bits per heavy atom. The van der Waals surface area contributed by atoms with Crippen LogP contribution in [0.1, 0.15) is 0 Å². The lowest BCUT2D eigenvalue weighted by Gasteiger charge is -2.04. The van der Waals surface area contributed by atoms with Crippen LogP contribution in [0.25, 0.3) is 11.3 Å². The lowest BCUT2D eigenvalue weighted by Crippen LogP contribution is -2.27. The molecule has 0 fully saturated rings. The predicted molar refractivity (Wildman–Crippen MR) is 63.1 cm³/mol. The minimum atomic E-state index is -0.568. The minimum Gasteiger partial charge on any atom is -0.368 e. The molecule has 1 heterocycles. The Labute approximate surface area is 97.5 Å². The molecule has 2 aromatic rings. The minimum absolute atomic E-state index is 0.152. The van der Waals surface area contributed by atoms with Crippen molar-refractivity contribution in [3.05, 3.63) is 53.1 Å². The van der Waals surface area contributed by atoms with E-state index in [9.17, 15) is 9.59 Å². The molecule has 0 saturated carbocycles. The van der Waals surface area contributed by atoms with Gasteiger partial charge in [-0.3, -0.25) is 14.2 Å². The van der Waals surface area contributed by atoms with Crippen LogP contribution in [0.2, 0.25) is 0 Å². The lowest BCUT2D eigenvalue weighted by molar-refractivity contribution is -0.118. The van der Waals surface area contributed by atoms with Crippen LogP contribution in [-0.2, 0) is 11.3 Å². The molecular weight excluding hydrogens is 218 g/mol. The fraction of sp³-hybridized carbons (Fsp3) is 0.0833. The van der Waals surface area contributed by atoms with Crippen molar-refractivity contribution in [3.8, 4) is 11.3 Å². The summed E-state index contributed by atoms with van der Waals surface area (Å²) < 4.78 is 1.18. The first-order valence-electron chi connectivity index (χ1n) is 5.07. The molecule has 0 radical (unpaired) electrons. The molecule has 2 N–H and O–H groups in total. The summed E-state index contributed by atoms with van der Waals surface area (Å²) in [4.78, 5) is 26.5. The molecule has 1 aromatic carbocycles. The zero-order valence-electron chi connectivity index (χ0n) is 9.04. The van der Waals surface area contributed by atoms with Crippen LogP contribution in [0.4, 0.5) is 0 Å². The lowest BCUT2D eigenvalue weighted by atomic mass is 10.1. The van der Waals surface area contributed by atoms with Gasteiger partial charge in [-0.25, -0.2) is 4.98 Å². The Balaban J connectivity index is 2.38. The third-order valence-electron chi connectivity index (χ3n) is 2.28. The molecule has 0 unspecified atom stereocenters. The number of hydrogen-bond acceptors (Lipinski definition) is 3. The first kappa shape index (κ1) is 11.1. The van der Waals surface area contributed by atoms with Crippen LogP contribution < -0.4 is 11.3 Å². The van der Waals surface area contributed by atoms with Gasteiger partial charge < -0.3 is 5.73 Å². The molecule has 2 rings (SSSR count). The Morgan fingerprint density at radius 2 is 2.00 bits per heavy atom. The number of hydrogen-bond donors (Lipinski definition) is 1. The second-order valence-electron chi connectivity index (χ2n) is 3.57. The molecule has 1 amide bonds. The normalized spacial score (nSPS) is 10.1. The highest BCUT2D eigenvalue weighted by atomic mass is 16.2. The van der Waals surface area contributed by atoms with E-state index in [1.54, 1.807) is 0 Å². The molecule has 0 spiro atoms. The van der Waals surface area contributed by atoms with Crippen LogP contribution >= 0.6 is 0 Å². The van der Waals surface area contributed by atoms with Crippen molar-refractivity contribution in [2.24, 2.45) is 5.73 Å². The Bertz CT molecular complexity index is 590. The van der Waals surface area contributed by atoms with Gasteiger partial charge in [-0.15, -0.1) is 0 Å². The van der Waals surface area contributed by atoms with Crippen LogP contribution in [0, 0.1) is 0 Å².